The summed E-state index contributed by atoms with van der Waals surface area (Å²) < 4.78 is 27.4. The predicted octanol–water partition coefficient (Wildman–Crippen LogP) is 1.61. The van der Waals surface area contributed by atoms with Crippen LogP contribution in [0.3, 0.4) is 0 Å². The minimum Gasteiger partial charge on any atom is -0.474 e. The Morgan fingerprint density at radius 1 is 1.29 bits per heavy atom. The second kappa shape index (κ2) is 4.36. The van der Waals surface area contributed by atoms with Gasteiger partial charge in [-0.1, -0.05) is 18.2 Å². The highest BCUT2D eigenvalue weighted by atomic mass is 19.2. The van der Waals surface area contributed by atoms with Gasteiger partial charge in [0.2, 0.25) is 0 Å². The van der Waals surface area contributed by atoms with E-state index in [-0.39, 0.29) is 0 Å². The lowest BCUT2D eigenvalue weighted by atomic mass is 10.1. The summed E-state index contributed by atoms with van der Waals surface area (Å²) >= 11 is 0. The average molecular weight is 237 g/mol. The van der Waals surface area contributed by atoms with Crippen LogP contribution in [-0.2, 0) is 4.65 Å². The number of aromatic amines is 1. The van der Waals surface area contributed by atoms with Crippen molar-refractivity contribution >= 4 is 24.3 Å². The zero-order valence-electron chi connectivity index (χ0n) is 8.44. The predicted molar refractivity (Wildman–Crippen MR) is 58.0 cm³/mol. The summed E-state index contributed by atoms with van der Waals surface area (Å²) in [5.74, 6) is -1.34. The molecule has 1 aromatic heterocycles. The summed E-state index contributed by atoms with van der Waals surface area (Å²) in [5.41, 5.74) is -0.676. The highest BCUT2D eigenvalue weighted by molar-refractivity contribution is 6.38. The van der Waals surface area contributed by atoms with Crippen LogP contribution in [0.15, 0.2) is 35.1 Å². The maximum Gasteiger partial charge on any atom is 0.798 e. The summed E-state index contributed by atoms with van der Waals surface area (Å²) in [5, 5.41) is 0.563. The van der Waals surface area contributed by atoms with E-state index in [0.717, 1.165) is 0 Å². The van der Waals surface area contributed by atoms with Crippen LogP contribution in [0.4, 0.5) is 8.63 Å². The summed E-state index contributed by atoms with van der Waals surface area (Å²) in [7, 11) is -3.24. The third-order valence-electron chi connectivity index (χ3n) is 2.17. The van der Waals surface area contributed by atoms with Crippen LogP contribution in [0.1, 0.15) is 10.4 Å². The Bertz CT molecular complexity index is 626. The van der Waals surface area contributed by atoms with Crippen molar-refractivity contribution in [3.8, 4) is 0 Å². The van der Waals surface area contributed by atoms with E-state index in [1.807, 2.05) is 0 Å². The number of carbonyl (C=O) groups is 1. The molecular weight excluding hydrogens is 231 g/mol. The smallest absolute Gasteiger partial charge is 0.474 e. The van der Waals surface area contributed by atoms with Crippen molar-refractivity contribution in [1.82, 2.24) is 4.98 Å². The first kappa shape index (κ1) is 11.3. The number of fused-ring (bicyclic) bond motifs is 1. The molecule has 4 nitrogen and oxygen atoms in total. The minimum absolute atomic E-state index is 0.441. The molecule has 1 heterocycles. The molecule has 0 spiro atoms. The molecule has 0 aliphatic carbocycles. The first-order valence-electron chi connectivity index (χ1n) is 4.69. The highest BCUT2D eigenvalue weighted by Crippen LogP contribution is 2.11. The molecule has 0 aliphatic rings. The molecule has 0 bridgehead atoms. The number of benzene rings is 1. The molecule has 1 aromatic carbocycles. The number of pyridine rings is 1. The Morgan fingerprint density at radius 2 is 2.00 bits per heavy atom. The quantitative estimate of drug-likeness (QED) is 0.807. The molecule has 86 valence electrons. The lowest BCUT2D eigenvalue weighted by Gasteiger charge is -2.02. The van der Waals surface area contributed by atoms with Gasteiger partial charge in [0, 0.05) is 5.52 Å². The third-order valence-corrected chi connectivity index (χ3v) is 2.17. The fourth-order valence-electron chi connectivity index (χ4n) is 1.44. The summed E-state index contributed by atoms with van der Waals surface area (Å²) in [4.78, 5) is 25.1. The van der Waals surface area contributed by atoms with Gasteiger partial charge in [-0.25, -0.2) is 13.4 Å². The molecule has 2 rings (SSSR count). The third kappa shape index (κ3) is 2.33. The number of hydrogen-bond acceptors (Lipinski definition) is 3. The maximum atomic E-state index is 11.9. The molecule has 0 amide bonds. The number of carbonyl (C=O) groups excluding carboxylic acids is 1. The van der Waals surface area contributed by atoms with Crippen LogP contribution >= 0.6 is 0 Å². The average Bonchev–Trinajstić information content (AvgIpc) is 2.27. The van der Waals surface area contributed by atoms with Gasteiger partial charge in [-0.15, -0.1) is 0 Å². The summed E-state index contributed by atoms with van der Waals surface area (Å²) in [6.07, 6.45) is 0. The maximum absolute atomic E-state index is 11.9. The number of nitrogens with one attached hydrogen (secondary N) is 1. The number of halogens is 2. The zero-order valence-corrected chi connectivity index (χ0v) is 8.44. The number of aromatic nitrogens is 1. The lowest BCUT2D eigenvalue weighted by Crippen LogP contribution is -2.22. The minimum atomic E-state index is -3.24. The normalized spacial score (nSPS) is 10.2. The first-order chi connectivity index (χ1) is 8.08. The fraction of sp³-hybridized carbons (Fsp3) is 0. The number of para-hydroxylation sites is 1. The van der Waals surface area contributed by atoms with Crippen molar-refractivity contribution in [3.05, 3.63) is 46.2 Å². The van der Waals surface area contributed by atoms with E-state index >= 15 is 0 Å². The molecule has 0 saturated heterocycles. The van der Waals surface area contributed by atoms with Gasteiger partial charge < -0.3 is 9.64 Å². The fourth-order valence-corrected chi connectivity index (χ4v) is 1.44. The molecule has 2 aromatic rings. The monoisotopic (exact) mass is 237 g/mol. The van der Waals surface area contributed by atoms with Crippen LogP contribution in [0.2, 0.25) is 0 Å². The molecular formula is C10H6BF2NO3. The Balaban J connectivity index is 2.51. The summed E-state index contributed by atoms with van der Waals surface area (Å²) in [6, 6.07) is 7.90. The van der Waals surface area contributed by atoms with Gasteiger partial charge in [0.1, 0.15) is 5.56 Å². The van der Waals surface area contributed by atoms with Crippen molar-refractivity contribution in [2.24, 2.45) is 0 Å². The van der Waals surface area contributed by atoms with E-state index in [2.05, 4.69) is 9.64 Å². The van der Waals surface area contributed by atoms with Gasteiger partial charge in [0.05, 0.1) is 0 Å². The molecule has 0 atom stereocenters. The Kier molecular flexibility index (Phi) is 2.90. The molecule has 17 heavy (non-hydrogen) atoms. The molecule has 7 heteroatoms. The van der Waals surface area contributed by atoms with E-state index in [9.17, 15) is 18.2 Å². The SMILES string of the molecule is O=C(OB(F)F)c1cc2ccccc2[nH]c1=O. The Morgan fingerprint density at radius 3 is 2.71 bits per heavy atom. The van der Waals surface area contributed by atoms with E-state index in [0.29, 0.717) is 10.9 Å². The van der Waals surface area contributed by atoms with Crippen LogP contribution in [0.25, 0.3) is 10.9 Å². The second-order valence-corrected chi connectivity index (χ2v) is 3.27. The summed E-state index contributed by atoms with van der Waals surface area (Å²) in [6.45, 7) is 0. The van der Waals surface area contributed by atoms with Crippen molar-refractivity contribution in [3.63, 3.8) is 0 Å². The van der Waals surface area contributed by atoms with Crippen LogP contribution in [0, 0.1) is 0 Å². The van der Waals surface area contributed by atoms with Crippen molar-refractivity contribution in [1.29, 1.82) is 0 Å². The van der Waals surface area contributed by atoms with E-state index in [4.69, 9.17) is 0 Å². The van der Waals surface area contributed by atoms with Crippen LogP contribution in [-0.4, -0.2) is 18.4 Å². The van der Waals surface area contributed by atoms with E-state index in [1.165, 1.54) is 6.07 Å². The molecule has 0 aliphatic heterocycles. The molecule has 1 N–H and O–H groups in total. The highest BCUT2D eigenvalue weighted by Gasteiger charge is 2.24. The van der Waals surface area contributed by atoms with Gasteiger partial charge in [0.15, 0.2) is 0 Å². The van der Waals surface area contributed by atoms with Gasteiger partial charge in [-0.2, -0.15) is 0 Å². The molecule has 0 unspecified atom stereocenters. The lowest BCUT2D eigenvalue weighted by molar-refractivity contribution is 0.0693. The standard InChI is InChI=1S/C10H6BF2NO3/c12-11(13)17-10(16)7-5-6-3-1-2-4-8(6)14-9(7)15/h1-5H,(H,14,15). The molecule has 0 fully saturated rings. The van der Waals surface area contributed by atoms with Gasteiger partial charge in [0.25, 0.3) is 5.56 Å². The van der Waals surface area contributed by atoms with Gasteiger partial charge in [-0.3, -0.25) is 4.79 Å². The van der Waals surface area contributed by atoms with Crippen molar-refractivity contribution in [2.75, 3.05) is 0 Å². The van der Waals surface area contributed by atoms with Crippen molar-refractivity contribution < 1.29 is 18.1 Å². The van der Waals surface area contributed by atoms with Crippen LogP contribution in [0.5, 0.6) is 0 Å². The van der Waals surface area contributed by atoms with Crippen molar-refractivity contribution in [2.45, 2.75) is 0 Å². The van der Waals surface area contributed by atoms with E-state index in [1.54, 1.807) is 24.3 Å². The zero-order chi connectivity index (χ0) is 12.4. The van der Waals surface area contributed by atoms with Gasteiger partial charge in [-0.05, 0) is 17.5 Å². The first-order valence-corrected chi connectivity index (χ1v) is 4.69. The Labute approximate surface area is 94.4 Å². The molecule has 0 saturated carbocycles. The van der Waals surface area contributed by atoms with E-state index < -0.39 is 24.6 Å². The number of rotatable bonds is 2. The topological polar surface area (TPSA) is 59.2 Å². The van der Waals surface area contributed by atoms with Gasteiger partial charge >= 0.3 is 13.4 Å². The van der Waals surface area contributed by atoms with Crippen LogP contribution < -0.4 is 5.56 Å². The molecule has 0 radical (unpaired) electrons. The number of H-pyrrole nitrogens is 1. The second-order valence-electron chi connectivity index (χ2n) is 3.27. The largest absolute Gasteiger partial charge is 0.798 e. The number of hydrogen-bond donors (Lipinski definition) is 1. The Hall–Kier alpha value is -2.18.